The topological polar surface area (TPSA) is 54.2 Å². The molecule has 2 aromatic heterocycles. The maximum absolute atomic E-state index is 6.32. The molecule has 2 atom stereocenters. The van der Waals surface area contributed by atoms with Crippen LogP contribution >= 0.6 is 11.3 Å². The normalized spacial score (nSPS) is 25.5. The first-order chi connectivity index (χ1) is 12.4. The van der Waals surface area contributed by atoms with Crippen molar-refractivity contribution in [1.82, 2.24) is 15.3 Å². The molecule has 5 heterocycles. The molecular formula is C20H24N4OS. The molecule has 3 aliphatic rings. The summed E-state index contributed by atoms with van der Waals surface area (Å²) in [6.45, 7) is 10.9. The Hall–Kier alpha value is -1.92. The number of aromatic nitrogens is 2. The van der Waals surface area contributed by atoms with Crippen LogP contribution in [-0.2, 0) is 0 Å². The van der Waals surface area contributed by atoms with Gasteiger partial charge < -0.3 is 14.6 Å². The summed E-state index contributed by atoms with van der Waals surface area (Å²) in [4.78, 5) is 11.7. The van der Waals surface area contributed by atoms with Gasteiger partial charge in [0.25, 0.3) is 6.01 Å². The maximum Gasteiger partial charge on any atom is 0.298 e. The molecule has 5 nitrogen and oxygen atoms in total. The summed E-state index contributed by atoms with van der Waals surface area (Å²) in [6, 6.07) is 5.47. The zero-order valence-corrected chi connectivity index (χ0v) is 16.5. The number of benzene rings is 1. The number of anilines is 1. The summed E-state index contributed by atoms with van der Waals surface area (Å²) in [5, 5.41) is 6.77. The second-order valence-corrected chi connectivity index (χ2v) is 9.59. The minimum atomic E-state index is 0.143. The fourth-order valence-electron chi connectivity index (χ4n) is 4.35. The van der Waals surface area contributed by atoms with E-state index in [-0.39, 0.29) is 11.0 Å². The van der Waals surface area contributed by atoms with Crippen LogP contribution in [0.1, 0.15) is 32.8 Å². The third-order valence-electron chi connectivity index (χ3n) is 6.08. The van der Waals surface area contributed by atoms with E-state index in [1.54, 1.807) is 11.3 Å². The zero-order valence-electron chi connectivity index (χ0n) is 15.7. The molecule has 6 rings (SSSR count). The van der Waals surface area contributed by atoms with Gasteiger partial charge in [-0.3, -0.25) is 0 Å². The van der Waals surface area contributed by atoms with Gasteiger partial charge in [0.2, 0.25) is 0 Å². The van der Waals surface area contributed by atoms with Crippen molar-refractivity contribution in [2.75, 3.05) is 18.0 Å². The van der Waals surface area contributed by atoms with Gasteiger partial charge in [-0.05, 0) is 30.4 Å². The summed E-state index contributed by atoms with van der Waals surface area (Å²) in [7, 11) is 0. The van der Waals surface area contributed by atoms with Gasteiger partial charge in [-0.1, -0.05) is 26.8 Å². The zero-order chi connectivity index (χ0) is 18.1. The van der Waals surface area contributed by atoms with Gasteiger partial charge in [0.05, 0.1) is 5.56 Å². The smallest absolute Gasteiger partial charge is 0.298 e. The first-order valence-corrected chi connectivity index (χ1v) is 10.1. The summed E-state index contributed by atoms with van der Waals surface area (Å²) in [6.07, 6.45) is 3.07. The predicted molar refractivity (Wildman–Crippen MR) is 106 cm³/mol. The summed E-state index contributed by atoms with van der Waals surface area (Å²) >= 11 is 1.63. The Balaban J connectivity index is 1.57. The highest BCUT2D eigenvalue weighted by molar-refractivity contribution is 7.13. The molecule has 3 saturated heterocycles. The summed E-state index contributed by atoms with van der Waals surface area (Å²) in [5.74, 6) is 0. The van der Waals surface area contributed by atoms with E-state index in [4.69, 9.17) is 9.40 Å². The maximum atomic E-state index is 6.32. The third kappa shape index (κ3) is 2.25. The SMILES string of the molecule is Cc1ccc(-c2nccs2)c2oc(N3CC4CC(C(C)(C)C)(C3)N4)nc12. The number of thiazole rings is 1. The second kappa shape index (κ2) is 5.30. The number of oxazole rings is 1. The van der Waals surface area contributed by atoms with Crippen molar-refractivity contribution in [3.05, 3.63) is 29.3 Å². The third-order valence-corrected chi connectivity index (χ3v) is 6.89. The lowest BCUT2D eigenvalue weighted by Gasteiger charge is -2.62. The predicted octanol–water partition coefficient (Wildman–Crippen LogP) is 4.23. The van der Waals surface area contributed by atoms with Crippen LogP contribution in [0.4, 0.5) is 6.01 Å². The number of hydrogen-bond acceptors (Lipinski definition) is 6. The molecule has 26 heavy (non-hydrogen) atoms. The van der Waals surface area contributed by atoms with Crippen molar-refractivity contribution in [1.29, 1.82) is 0 Å². The van der Waals surface area contributed by atoms with Crippen LogP contribution in [0.15, 0.2) is 28.1 Å². The van der Waals surface area contributed by atoms with Gasteiger partial charge in [0.15, 0.2) is 5.58 Å². The number of fused-ring (bicyclic) bond motifs is 3. The summed E-state index contributed by atoms with van der Waals surface area (Å²) < 4.78 is 6.32. The fourth-order valence-corrected chi connectivity index (χ4v) is 5.01. The number of nitrogens with zero attached hydrogens (tertiary/aromatic N) is 3. The highest BCUT2D eigenvalue weighted by Gasteiger charge is 2.56. The highest BCUT2D eigenvalue weighted by Crippen LogP contribution is 2.46. The molecule has 2 bridgehead atoms. The highest BCUT2D eigenvalue weighted by atomic mass is 32.1. The molecule has 3 aliphatic heterocycles. The monoisotopic (exact) mass is 368 g/mol. The van der Waals surface area contributed by atoms with Gasteiger partial charge >= 0.3 is 0 Å². The lowest BCUT2D eigenvalue weighted by Crippen LogP contribution is -2.80. The minimum absolute atomic E-state index is 0.143. The molecule has 0 saturated carbocycles. The van der Waals surface area contributed by atoms with Crippen LogP contribution in [0.2, 0.25) is 0 Å². The van der Waals surface area contributed by atoms with Crippen LogP contribution < -0.4 is 10.2 Å². The molecule has 0 aliphatic carbocycles. The van der Waals surface area contributed by atoms with Crippen molar-refractivity contribution >= 4 is 28.5 Å². The number of piperidine rings is 1. The van der Waals surface area contributed by atoms with Gasteiger partial charge in [0, 0.05) is 36.2 Å². The number of nitrogens with one attached hydrogen (secondary N) is 1. The molecule has 1 N–H and O–H groups in total. The Morgan fingerprint density at radius 2 is 2.15 bits per heavy atom. The molecule has 3 aromatic rings. The Morgan fingerprint density at radius 3 is 2.85 bits per heavy atom. The van der Waals surface area contributed by atoms with Gasteiger partial charge in [0.1, 0.15) is 10.5 Å². The van der Waals surface area contributed by atoms with Gasteiger partial charge in [-0.15, -0.1) is 11.3 Å². The van der Waals surface area contributed by atoms with Crippen molar-refractivity contribution in [2.45, 2.75) is 45.7 Å². The first-order valence-electron chi connectivity index (χ1n) is 9.19. The Labute approximate surface area is 157 Å². The van der Waals surface area contributed by atoms with Crippen molar-refractivity contribution in [3.8, 4) is 10.6 Å². The molecule has 0 amide bonds. The standard InChI is InChI=1S/C20H24N4OS/c1-12-5-6-14(17-21-7-8-26-17)16-15(12)22-18(25-16)24-10-13-9-20(11-24,23-13)19(2,3)4/h5-8,13,23H,9-11H2,1-4H3. The molecule has 1 aromatic carbocycles. The van der Waals surface area contributed by atoms with Crippen molar-refractivity contribution in [2.24, 2.45) is 5.41 Å². The fraction of sp³-hybridized carbons (Fsp3) is 0.500. The van der Waals surface area contributed by atoms with E-state index in [0.29, 0.717) is 6.04 Å². The molecule has 3 fully saturated rings. The summed E-state index contributed by atoms with van der Waals surface area (Å²) in [5.41, 5.74) is 4.32. The molecular weight excluding hydrogens is 344 g/mol. The van der Waals surface area contributed by atoms with E-state index in [1.807, 2.05) is 11.6 Å². The Kier molecular flexibility index (Phi) is 3.32. The van der Waals surface area contributed by atoms with Crippen molar-refractivity contribution < 1.29 is 4.42 Å². The van der Waals surface area contributed by atoms with Crippen LogP contribution in [0.3, 0.4) is 0 Å². The molecule has 136 valence electrons. The lowest BCUT2D eigenvalue weighted by atomic mass is 9.62. The number of piperazine rings is 1. The number of rotatable bonds is 2. The molecule has 0 spiro atoms. The van der Waals surface area contributed by atoms with E-state index in [1.165, 1.54) is 6.42 Å². The van der Waals surface area contributed by atoms with Crippen LogP contribution in [0.5, 0.6) is 0 Å². The first kappa shape index (κ1) is 16.3. The minimum Gasteiger partial charge on any atom is -0.423 e. The van der Waals surface area contributed by atoms with Gasteiger partial charge in [-0.25, -0.2) is 4.98 Å². The van der Waals surface area contributed by atoms with E-state index < -0.39 is 0 Å². The van der Waals surface area contributed by atoms with Crippen LogP contribution in [0, 0.1) is 12.3 Å². The Bertz CT molecular complexity index is 964. The molecule has 0 radical (unpaired) electrons. The largest absolute Gasteiger partial charge is 0.423 e. The average molecular weight is 369 g/mol. The number of hydrogen-bond donors (Lipinski definition) is 1. The van der Waals surface area contributed by atoms with Crippen LogP contribution in [0.25, 0.3) is 21.7 Å². The van der Waals surface area contributed by atoms with E-state index in [0.717, 1.165) is 46.3 Å². The van der Waals surface area contributed by atoms with E-state index >= 15 is 0 Å². The Morgan fingerprint density at radius 1 is 1.35 bits per heavy atom. The van der Waals surface area contributed by atoms with Crippen molar-refractivity contribution in [3.63, 3.8) is 0 Å². The molecule has 2 unspecified atom stereocenters. The van der Waals surface area contributed by atoms with Gasteiger partial charge in [-0.2, -0.15) is 4.98 Å². The van der Waals surface area contributed by atoms with E-state index in [2.05, 4.69) is 55.0 Å². The second-order valence-electron chi connectivity index (χ2n) is 8.70. The average Bonchev–Trinajstić information content (AvgIpc) is 3.23. The lowest BCUT2D eigenvalue weighted by molar-refractivity contribution is 0.00504. The quantitative estimate of drug-likeness (QED) is 0.734. The molecule has 6 heteroatoms. The van der Waals surface area contributed by atoms with Crippen LogP contribution in [-0.4, -0.2) is 34.6 Å². The van der Waals surface area contributed by atoms with E-state index in [9.17, 15) is 0 Å². The number of aryl methyl sites for hydroxylation is 1.